The number of carbonyl (C=O) groups excluding carboxylic acids is 1. The molecule has 0 bridgehead atoms. The molecule has 2 aliphatic heterocycles. The lowest BCUT2D eigenvalue weighted by Gasteiger charge is -2.33. The Hall–Kier alpha value is -2.47. The van der Waals surface area contributed by atoms with Gasteiger partial charge in [0, 0.05) is 12.1 Å². The molecule has 25 heavy (non-hydrogen) atoms. The summed E-state index contributed by atoms with van der Waals surface area (Å²) in [5, 5.41) is 3.04. The molecule has 1 saturated heterocycles. The molecular formula is C19H22N2O4. The summed E-state index contributed by atoms with van der Waals surface area (Å²) in [5.41, 5.74) is 0.570. The number of nitrogens with zero attached hydrogens (tertiary/aromatic N) is 1. The molecule has 1 aromatic carbocycles. The first kappa shape index (κ1) is 16.0. The molecule has 132 valence electrons. The van der Waals surface area contributed by atoms with Gasteiger partial charge in [-0.1, -0.05) is 6.42 Å². The van der Waals surface area contributed by atoms with Crippen molar-refractivity contribution in [3.05, 3.63) is 47.9 Å². The van der Waals surface area contributed by atoms with E-state index in [1.165, 1.54) is 19.3 Å². The van der Waals surface area contributed by atoms with Crippen LogP contribution in [0.15, 0.2) is 41.0 Å². The van der Waals surface area contributed by atoms with Gasteiger partial charge in [-0.3, -0.25) is 9.69 Å². The van der Waals surface area contributed by atoms with Gasteiger partial charge in [-0.25, -0.2) is 0 Å². The highest BCUT2D eigenvalue weighted by molar-refractivity contribution is 5.94. The van der Waals surface area contributed by atoms with Gasteiger partial charge in [-0.15, -0.1) is 0 Å². The molecule has 4 rings (SSSR count). The highest BCUT2D eigenvalue weighted by Crippen LogP contribution is 2.32. The highest BCUT2D eigenvalue weighted by atomic mass is 16.7. The number of hydrogen-bond donors (Lipinski definition) is 1. The third kappa shape index (κ3) is 3.49. The van der Waals surface area contributed by atoms with Gasteiger partial charge in [0.05, 0.1) is 12.3 Å². The summed E-state index contributed by atoms with van der Waals surface area (Å²) < 4.78 is 16.2. The van der Waals surface area contributed by atoms with Crippen LogP contribution in [-0.2, 0) is 0 Å². The number of furan rings is 1. The molecular weight excluding hydrogens is 320 g/mol. The lowest BCUT2D eigenvalue weighted by molar-refractivity contribution is 0.0913. The van der Waals surface area contributed by atoms with Crippen molar-refractivity contribution in [2.75, 3.05) is 26.4 Å². The summed E-state index contributed by atoms with van der Waals surface area (Å²) in [4.78, 5) is 14.9. The number of likely N-dealkylation sites (tertiary alicyclic amines) is 1. The van der Waals surface area contributed by atoms with E-state index in [4.69, 9.17) is 13.9 Å². The minimum atomic E-state index is -0.119. The molecule has 3 heterocycles. The summed E-state index contributed by atoms with van der Waals surface area (Å²) in [6, 6.07) is 9.18. The van der Waals surface area contributed by atoms with Crippen LogP contribution in [0.5, 0.6) is 11.5 Å². The Kier molecular flexibility index (Phi) is 4.61. The lowest BCUT2D eigenvalue weighted by Crippen LogP contribution is -2.40. The number of fused-ring (bicyclic) bond motifs is 1. The van der Waals surface area contributed by atoms with Crippen molar-refractivity contribution < 1.29 is 18.7 Å². The molecule has 1 aromatic heterocycles. The van der Waals surface area contributed by atoms with Gasteiger partial charge in [-0.2, -0.15) is 0 Å². The maximum absolute atomic E-state index is 12.5. The number of carbonyl (C=O) groups is 1. The van der Waals surface area contributed by atoms with Gasteiger partial charge in [0.25, 0.3) is 5.91 Å². The fourth-order valence-corrected chi connectivity index (χ4v) is 3.45. The number of piperidine rings is 1. The van der Waals surface area contributed by atoms with Crippen molar-refractivity contribution in [1.82, 2.24) is 10.2 Å². The summed E-state index contributed by atoms with van der Waals surface area (Å²) in [5.74, 6) is 2.07. The third-order valence-corrected chi connectivity index (χ3v) is 4.79. The monoisotopic (exact) mass is 342 g/mol. The predicted molar refractivity (Wildman–Crippen MR) is 91.8 cm³/mol. The van der Waals surface area contributed by atoms with Crippen LogP contribution in [0.2, 0.25) is 0 Å². The van der Waals surface area contributed by atoms with E-state index in [2.05, 4.69) is 10.2 Å². The van der Waals surface area contributed by atoms with Crippen molar-refractivity contribution in [1.29, 1.82) is 0 Å². The zero-order chi connectivity index (χ0) is 17.1. The van der Waals surface area contributed by atoms with E-state index in [1.54, 1.807) is 24.5 Å². The van der Waals surface area contributed by atoms with Gasteiger partial charge in [-0.05, 0) is 56.3 Å². The molecule has 0 radical (unpaired) electrons. The lowest BCUT2D eigenvalue weighted by atomic mass is 10.1. The molecule has 0 saturated carbocycles. The Morgan fingerprint density at radius 3 is 2.76 bits per heavy atom. The van der Waals surface area contributed by atoms with Gasteiger partial charge in [0.2, 0.25) is 6.79 Å². The summed E-state index contributed by atoms with van der Waals surface area (Å²) in [6.07, 6.45) is 5.33. The molecule has 0 aliphatic carbocycles. The van der Waals surface area contributed by atoms with Crippen molar-refractivity contribution in [3.8, 4) is 11.5 Å². The first-order valence-electron chi connectivity index (χ1n) is 8.76. The quantitative estimate of drug-likeness (QED) is 0.905. The van der Waals surface area contributed by atoms with Crippen molar-refractivity contribution >= 4 is 5.91 Å². The topological polar surface area (TPSA) is 63.9 Å². The predicted octanol–water partition coefficient (Wildman–Crippen LogP) is 2.97. The van der Waals surface area contributed by atoms with Crippen LogP contribution < -0.4 is 14.8 Å². The van der Waals surface area contributed by atoms with Crippen LogP contribution in [0, 0.1) is 0 Å². The van der Waals surface area contributed by atoms with E-state index in [9.17, 15) is 4.79 Å². The van der Waals surface area contributed by atoms with Gasteiger partial charge >= 0.3 is 0 Å². The number of hydrogen-bond acceptors (Lipinski definition) is 5. The molecule has 1 fully saturated rings. The average Bonchev–Trinajstić information content (AvgIpc) is 3.34. The van der Waals surface area contributed by atoms with Crippen LogP contribution in [0.25, 0.3) is 0 Å². The second-order valence-electron chi connectivity index (χ2n) is 6.41. The third-order valence-electron chi connectivity index (χ3n) is 4.79. The Morgan fingerprint density at radius 2 is 1.96 bits per heavy atom. The average molecular weight is 342 g/mol. The second-order valence-corrected chi connectivity index (χ2v) is 6.41. The minimum Gasteiger partial charge on any atom is -0.468 e. The fraction of sp³-hybridized carbons (Fsp3) is 0.421. The van der Waals surface area contributed by atoms with E-state index >= 15 is 0 Å². The van der Waals surface area contributed by atoms with Crippen molar-refractivity contribution in [3.63, 3.8) is 0 Å². The molecule has 0 spiro atoms. The van der Waals surface area contributed by atoms with Gasteiger partial charge in [0.1, 0.15) is 5.76 Å². The van der Waals surface area contributed by atoms with E-state index in [0.29, 0.717) is 23.6 Å². The van der Waals surface area contributed by atoms with E-state index in [-0.39, 0.29) is 18.7 Å². The number of ether oxygens (including phenoxy) is 2. The maximum Gasteiger partial charge on any atom is 0.251 e. The number of benzene rings is 1. The first-order chi connectivity index (χ1) is 12.3. The summed E-state index contributed by atoms with van der Waals surface area (Å²) in [7, 11) is 0. The Bertz CT molecular complexity index is 723. The Labute approximate surface area is 146 Å². The van der Waals surface area contributed by atoms with Crippen LogP contribution in [0.3, 0.4) is 0 Å². The standard InChI is InChI=1S/C19H22N2O4/c22-19(14-6-7-17-18(11-14)25-13-24-17)20-12-15(16-5-4-10-23-16)21-8-2-1-3-9-21/h4-7,10-11,15H,1-3,8-9,12-13H2,(H,20,22)/t15-/m0/s1. The maximum atomic E-state index is 12.5. The highest BCUT2D eigenvalue weighted by Gasteiger charge is 2.25. The molecule has 6 nitrogen and oxygen atoms in total. The van der Waals surface area contributed by atoms with Crippen LogP contribution in [0.4, 0.5) is 0 Å². The fourth-order valence-electron chi connectivity index (χ4n) is 3.45. The normalized spacial score (nSPS) is 18.1. The number of nitrogens with one attached hydrogen (secondary N) is 1. The van der Waals surface area contributed by atoms with E-state index in [0.717, 1.165) is 18.8 Å². The minimum absolute atomic E-state index is 0.0632. The van der Waals surface area contributed by atoms with Crippen molar-refractivity contribution in [2.45, 2.75) is 25.3 Å². The van der Waals surface area contributed by atoms with Crippen molar-refractivity contribution in [2.24, 2.45) is 0 Å². The number of rotatable bonds is 5. The summed E-state index contributed by atoms with van der Waals surface area (Å²) >= 11 is 0. The summed E-state index contributed by atoms with van der Waals surface area (Å²) in [6.45, 7) is 2.78. The van der Waals surface area contributed by atoms with Gasteiger partial charge in [0.15, 0.2) is 11.5 Å². The molecule has 0 unspecified atom stereocenters. The number of amides is 1. The smallest absolute Gasteiger partial charge is 0.251 e. The largest absolute Gasteiger partial charge is 0.468 e. The van der Waals surface area contributed by atoms with E-state index < -0.39 is 0 Å². The zero-order valence-corrected chi connectivity index (χ0v) is 14.1. The first-order valence-corrected chi connectivity index (χ1v) is 8.76. The molecule has 1 amide bonds. The Morgan fingerprint density at radius 1 is 1.12 bits per heavy atom. The molecule has 2 aromatic rings. The van der Waals surface area contributed by atoms with Crippen LogP contribution in [-0.4, -0.2) is 37.2 Å². The SMILES string of the molecule is O=C(NC[C@@H](c1ccco1)N1CCCCC1)c1ccc2c(c1)OCO2. The van der Waals surface area contributed by atoms with Crippen LogP contribution >= 0.6 is 0 Å². The molecule has 2 aliphatic rings. The van der Waals surface area contributed by atoms with Gasteiger partial charge < -0.3 is 19.2 Å². The van der Waals surface area contributed by atoms with Crippen LogP contribution in [0.1, 0.15) is 41.4 Å². The molecule has 6 heteroatoms. The zero-order valence-electron chi connectivity index (χ0n) is 14.1. The second kappa shape index (κ2) is 7.19. The Balaban J connectivity index is 1.44. The molecule has 1 atom stereocenters. The van der Waals surface area contributed by atoms with E-state index in [1.807, 2.05) is 12.1 Å². The molecule has 1 N–H and O–H groups in total.